The fourth-order valence-electron chi connectivity index (χ4n) is 5.26. The molecule has 0 radical (unpaired) electrons. The van der Waals surface area contributed by atoms with Crippen molar-refractivity contribution < 1.29 is 13.9 Å². The molecular formula is C24H27FN2O2S. The number of hydrogen-bond donors (Lipinski definition) is 0. The van der Waals surface area contributed by atoms with Crippen molar-refractivity contribution in [3.8, 4) is 11.5 Å². The van der Waals surface area contributed by atoms with Crippen molar-refractivity contribution in [2.75, 3.05) is 20.3 Å². The molecular weight excluding hydrogens is 399 g/mol. The predicted molar refractivity (Wildman–Crippen MR) is 118 cm³/mol. The molecule has 2 aromatic carbocycles. The maximum absolute atomic E-state index is 13.5. The first kappa shape index (κ1) is 19.8. The van der Waals surface area contributed by atoms with Crippen LogP contribution < -0.4 is 9.47 Å². The molecule has 0 aliphatic carbocycles. The number of ether oxygens (including phenoxy) is 2. The lowest BCUT2D eigenvalue weighted by atomic mass is 9.86. The van der Waals surface area contributed by atoms with Crippen LogP contribution in [0, 0.1) is 5.82 Å². The number of hydrogen-bond acceptors (Lipinski definition) is 5. The van der Waals surface area contributed by atoms with E-state index in [-0.39, 0.29) is 5.82 Å². The zero-order valence-electron chi connectivity index (χ0n) is 17.2. The number of methoxy groups -OCH3 is 1. The van der Waals surface area contributed by atoms with E-state index < -0.39 is 0 Å². The molecule has 0 spiro atoms. The summed E-state index contributed by atoms with van der Waals surface area (Å²) in [5.74, 6) is 1.91. The molecule has 30 heavy (non-hydrogen) atoms. The van der Waals surface area contributed by atoms with Crippen LogP contribution in [0.25, 0.3) is 10.1 Å². The van der Waals surface area contributed by atoms with Gasteiger partial charge in [-0.05, 0) is 74.0 Å². The molecule has 2 bridgehead atoms. The van der Waals surface area contributed by atoms with Gasteiger partial charge in [0.15, 0.2) is 11.5 Å². The Hall–Kier alpha value is -2.18. The van der Waals surface area contributed by atoms with E-state index in [0.717, 1.165) is 47.4 Å². The van der Waals surface area contributed by atoms with Crippen molar-refractivity contribution in [3.63, 3.8) is 0 Å². The summed E-state index contributed by atoms with van der Waals surface area (Å²) in [6, 6.07) is 14.1. The van der Waals surface area contributed by atoms with Crippen LogP contribution in [0.4, 0.5) is 4.39 Å². The van der Waals surface area contributed by atoms with Crippen molar-refractivity contribution in [2.24, 2.45) is 0 Å². The third-order valence-corrected chi connectivity index (χ3v) is 7.44. The van der Waals surface area contributed by atoms with Gasteiger partial charge in [0.2, 0.25) is 0 Å². The third kappa shape index (κ3) is 3.79. The van der Waals surface area contributed by atoms with Crippen LogP contribution in [-0.4, -0.2) is 41.6 Å². The number of piperidine rings is 1. The smallest absolute Gasteiger partial charge is 0.161 e. The molecule has 6 heteroatoms. The number of aromatic nitrogens is 1. The van der Waals surface area contributed by atoms with Gasteiger partial charge in [-0.3, -0.25) is 4.90 Å². The van der Waals surface area contributed by atoms with E-state index in [4.69, 9.17) is 13.8 Å². The van der Waals surface area contributed by atoms with Gasteiger partial charge in [-0.2, -0.15) is 4.37 Å². The maximum Gasteiger partial charge on any atom is 0.161 e. The van der Waals surface area contributed by atoms with Crippen molar-refractivity contribution in [1.82, 2.24) is 9.27 Å². The Balaban J connectivity index is 1.19. The molecule has 5 rings (SSSR count). The summed E-state index contributed by atoms with van der Waals surface area (Å²) in [5, 5.41) is 1.14. The number of nitrogens with zero attached hydrogens (tertiary/aromatic N) is 2. The van der Waals surface area contributed by atoms with Crippen molar-refractivity contribution in [1.29, 1.82) is 0 Å². The largest absolute Gasteiger partial charge is 0.493 e. The number of halogens is 1. The highest BCUT2D eigenvalue weighted by Crippen LogP contribution is 2.44. The highest BCUT2D eigenvalue weighted by molar-refractivity contribution is 7.13. The van der Waals surface area contributed by atoms with E-state index in [0.29, 0.717) is 24.6 Å². The molecule has 0 amide bonds. The summed E-state index contributed by atoms with van der Waals surface area (Å²) in [7, 11) is 1.67. The van der Waals surface area contributed by atoms with E-state index in [1.807, 2.05) is 30.3 Å². The zero-order chi connectivity index (χ0) is 20.5. The lowest BCUT2D eigenvalue weighted by Crippen LogP contribution is -2.43. The van der Waals surface area contributed by atoms with E-state index in [2.05, 4.69) is 4.90 Å². The van der Waals surface area contributed by atoms with Gasteiger partial charge in [-0.1, -0.05) is 12.1 Å². The minimum absolute atomic E-state index is 0.178. The monoisotopic (exact) mass is 426 g/mol. The predicted octanol–water partition coefficient (Wildman–Crippen LogP) is 5.62. The Bertz CT molecular complexity index is 1010. The van der Waals surface area contributed by atoms with E-state index in [1.165, 1.54) is 30.1 Å². The van der Waals surface area contributed by atoms with Crippen LogP contribution >= 0.6 is 11.5 Å². The molecule has 2 saturated heterocycles. The summed E-state index contributed by atoms with van der Waals surface area (Å²) < 4.78 is 30.5. The van der Waals surface area contributed by atoms with Crippen LogP contribution in [0.5, 0.6) is 11.5 Å². The summed E-state index contributed by atoms with van der Waals surface area (Å²) >= 11 is 1.43. The van der Waals surface area contributed by atoms with E-state index >= 15 is 0 Å². The van der Waals surface area contributed by atoms with Crippen molar-refractivity contribution in [2.45, 2.75) is 50.1 Å². The minimum atomic E-state index is -0.178. The highest BCUT2D eigenvalue weighted by atomic mass is 32.1. The molecule has 2 aliphatic rings. The Labute approximate surface area is 180 Å². The third-order valence-electron chi connectivity index (χ3n) is 6.62. The summed E-state index contributed by atoms with van der Waals surface area (Å²) in [6.07, 6.45) is 5.85. The average molecular weight is 427 g/mol. The lowest BCUT2D eigenvalue weighted by molar-refractivity contribution is 0.117. The standard InChI is InChI=1S/C24H27FN2O2S/c1-28-21-5-2-3-6-22(21)29-12-4-11-27-18-8-9-19(27)14-16(13-18)24-20-10-7-17(25)15-23(20)30-26-24/h2-3,5-7,10,15-16,18-19H,4,8-9,11-14H2,1H3. The summed E-state index contributed by atoms with van der Waals surface area (Å²) in [6.45, 7) is 1.77. The molecule has 2 aliphatic heterocycles. The Morgan fingerprint density at radius 3 is 2.63 bits per heavy atom. The molecule has 1 aromatic heterocycles. The molecule has 4 nitrogen and oxygen atoms in total. The van der Waals surface area contributed by atoms with Gasteiger partial charge in [-0.15, -0.1) is 0 Å². The van der Waals surface area contributed by atoms with Gasteiger partial charge in [0.05, 0.1) is 24.1 Å². The molecule has 2 atom stereocenters. The second-order valence-electron chi connectivity index (χ2n) is 8.35. The molecule has 0 saturated carbocycles. The van der Waals surface area contributed by atoms with Crippen molar-refractivity contribution in [3.05, 3.63) is 54.0 Å². The van der Waals surface area contributed by atoms with Crippen LogP contribution in [0.3, 0.4) is 0 Å². The summed E-state index contributed by atoms with van der Waals surface area (Å²) in [5.41, 5.74) is 1.19. The van der Waals surface area contributed by atoms with Crippen LogP contribution in [0.1, 0.15) is 43.7 Å². The second-order valence-corrected chi connectivity index (χ2v) is 9.16. The van der Waals surface area contributed by atoms with Gasteiger partial charge in [0, 0.05) is 29.9 Å². The normalized spacial score (nSPS) is 23.7. The Kier molecular flexibility index (Phi) is 5.61. The van der Waals surface area contributed by atoms with Gasteiger partial charge in [0.1, 0.15) is 5.82 Å². The fraction of sp³-hybridized carbons (Fsp3) is 0.458. The minimum Gasteiger partial charge on any atom is -0.493 e. The molecule has 158 valence electrons. The van der Waals surface area contributed by atoms with Gasteiger partial charge >= 0.3 is 0 Å². The van der Waals surface area contributed by atoms with Gasteiger partial charge in [-0.25, -0.2) is 4.39 Å². The maximum atomic E-state index is 13.5. The molecule has 3 aromatic rings. The Morgan fingerprint density at radius 1 is 1.10 bits per heavy atom. The number of fused-ring (bicyclic) bond motifs is 3. The Morgan fingerprint density at radius 2 is 1.87 bits per heavy atom. The number of benzene rings is 2. The van der Waals surface area contributed by atoms with Crippen molar-refractivity contribution >= 4 is 21.6 Å². The quantitative estimate of drug-likeness (QED) is 0.459. The second kappa shape index (κ2) is 8.52. The van der Waals surface area contributed by atoms with Crippen LogP contribution in [0.2, 0.25) is 0 Å². The lowest BCUT2D eigenvalue weighted by Gasteiger charge is -2.38. The fourth-order valence-corrected chi connectivity index (χ4v) is 6.14. The SMILES string of the molecule is COc1ccccc1OCCCN1C2CCC1CC(c1nsc3cc(F)ccc13)C2. The van der Waals surface area contributed by atoms with E-state index in [9.17, 15) is 4.39 Å². The first-order valence-electron chi connectivity index (χ1n) is 10.8. The van der Waals surface area contributed by atoms with Gasteiger partial charge < -0.3 is 9.47 Å². The first-order valence-corrected chi connectivity index (χ1v) is 11.6. The van der Waals surface area contributed by atoms with Crippen LogP contribution in [-0.2, 0) is 0 Å². The molecule has 0 N–H and O–H groups in total. The zero-order valence-corrected chi connectivity index (χ0v) is 18.0. The average Bonchev–Trinajstić information content (AvgIpc) is 3.28. The molecule has 2 unspecified atom stereocenters. The van der Waals surface area contributed by atoms with E-state index in [1.54, 1.807) is 19.2 Å². The van der Waals surface area contributed by atoms with Gasteiger partial charge in [0.25, 0.3) is 0 Å². The topological polar surface area (TPSA) is 34.6 Å². The molecule has 2 fully saturated rings. The highest BCUT2D eigenvalue weighted by Gasteiger charge is 2.41. The summed E-state index contributed by atoms with van der Waals surface area (Å²) in [4.78, 5) is 2.69. The first-order chi connectivity index (χ1) is 14.7. The number of para-hydroxylation sites is 2. The van der Waals surface area contributed by atoms with Crippen LogP contribution in [0.15, 0.2) is 42.5 Å². The molecule has 3 heterocycles. The number of rotatable bonds is 7.